The topological polar surface area (TPSA) is 29.9 Å². The molecule has 1 aliphatic rings. The number of rotatable bonds is 4. The van der Waals surface area contributed by atoms with Crippen molar-refractivity contribution < 1.29 is 0 Å². The Balaban J connectivity index is 2.37. The summed E-state index contributed by atoms with van der Waals surface area (Å²) in [5.74, 6) is 0. The Morgan fingerprint density at radius 2 is 2.18 bits per heavy atom. The molecule has 17 heavy (non-hydrogen) atoms. The van der Waals surface area contributed by atoms with Gasteiger partial charge in [-0.15, -0.1) is 0 Å². The Hall–Kier alpha value is -0.540. The van der Waals surface area contributed by atoms with Crippen molar-refractivity contribution in [2.45, 2.75) is 52.1 Å². The molecule has 0 spiro atoms. The molecule has 1 aromatic rings. The van der Waals surface area contributed by atoms with Gasteiger partial charge in [-0.2, -0.15) is 5.10 Å². The van der Waals surface area contributed by atoms with Crippen molar-refractivity contribution in [3.05, 3.63) is 16.9 Å². The fourth-order valence-electron chi connectivity index (χ4n) is 3.20. The highest BCUT2D eigenvalue weighted by Crippen LogP contribution is 2.48. The van der Waals surface area contributed by atoms with E-state index in [0.29, 0.717) is 11.5 Å². The summed E-state index contributed by atoms with van der Waals surface area (Å²) < 4.78 is 2.02. The van der Waals surface area contributed by atoms with Crippen molar-refractivity contribution in [1.29, 1.82) is 0 Å². The van der Waals surface area contributed by atoms with Gasteiger partial charge in [0.1, 0.15) is 0 Å². The number of nitrogens with one attached hydrogen (secondary N) is 1. The summed E-state index contributed by atoms with van der Waals surface area (Å²) in [7, 11) is 2.03. The Labute approximate surface area is 109 Å². The summed E-state index contributed by atoms with van der Waals surface area (Å²) in [6, 6.07) is 0.306. The molecule has 0 aliphatic heterocycles. The number of aromatic nitrogens is 2. The van der Waals surface area contributed by atoms with Crippen molar-refractivity contribution in [3.63, 3.8) is 0 Å². The molecule has 2 rings (SSSR count). The number of halogens is 1. The fraction of sp³-hybridized carbons (Fsp3) is 0.769. The van der Waals surface area contributed by atoms with Crippen LogP contribution in [0.25, 0.3) is 0 Å². The third-order valence-corrected chi connectivity index (χ3v) is 4.43. The second-order valence-electron chi connectivity index (χ2n) is 5.28. The van der Waals surface area contributed by atoms with E-state index in [-0.39, 0.29) is 0 Å². The van der Waals surface area contributed by atoms with Crippen molar-refractivity contribution in [1.82, 2.24) is 15.1 Å². The highest BCUT2D eigenvalue weighted by molar-refractivity contribution is 6.31. The average Bonchev–Trinajstić information content (AvgIpc) is 2.89. The van der Waals surface area contributed by atoms with E-state index < -0.39 is 0 Å². The third-order valence-electron chi connectivity index (χ3n) is 4.14. The lowest BCUT2D eigenvalue weighted by atomic mass is 9.79. The van der Waals surface area contributed by atoms with Crippen molar-refractivity contribution >= 4 is 11.6 Å². The van der Waals surface area contributed by atoms with E-state index in [2.05, 4.69) is 24.3 Å². The lowest BCUT2D eigenvalue weighted by Crippen LogP contribution is -2.34. The van der Waals surface area contributed by atoms with E-state index in [9.17, 15) is 0 Å². The SMILES string of the molecule is CCn1ncc(Cl)c1C(NC)C1(C)CCCC1. The van der Waals surface area contributed by atoms with Crippen molar-refractivity contribution in [3.8, 4) is 0 Å². The molecular weight excluding hydrogens is 234 g/mol. The van der Waals surface area contributed by atoms with Crippen molar-refractivity contribution in [2.75, 3.05) is 7.05 Å². The molecule has 0 saturated heterocycles. The van der Waals surface area contributed by atoms with Crippen LogP contribution in [-0.4, -0.2) is 16.8 Å². The zero-order chi connectivity index (χ0) is 12.5. The molecule has 0 bridgehead atoms. The van der Waals surface area contributed by atoms with Crippen LogP contribution in [0.2, 0.25) is 5.02 Å². The maximum atomic E-state index is 6.31. The van der Waals surface area contributed by atoms with Crippen LogP contribution in [0, 0.1) is 5.41 Å². The summed E-state index contributed by atoms with van der Waals surface area (Å²) >= 11 is 6.31. The minimum Gasteiger partial charge on any atom is -0.311 e. The molecule has 1 N–H and O–H groups in total. The van der Waals surface area contributed by atoms with Crippen LogP contribution in [0.15, 0.2) is 6.20 Å². The van der Waals surface area contributed by atoms with Crippen LogP contribution < -0.4 is 5.32 Å². The van der Waals surface area contributed by atoms with Crippen LogP contribution in [-0.2, 0) is 6.54 Å². The van der Waals surface area contributed by atoms with Gasteiger partial charge in [0.05, 0.1) is 23.0 Å². The first kappa shape index (κ1) is 12.9. The van der Waals surface area contributed by atoms with Crippen LogP contribution in [0.3, 0.4) is 0 Å². The summed E-state index contributed by atoms with van der Waals surface area (Å²) in [4.78, 5) is 0. The van der Waals surface area contributed by atoms with Gasteiger partial charge in [0, 0.05) is 6.54 Å². The first-order valence-corrected chi connectivity index (χ1v) is 6.88. The van der Waals surface area contributed by atoms with Crippen LogP contribution in [0.4, 0.5) is 0 Å². The Bertz CT molecular complexity index is 380. The lowest BCUT2D eigenvalue weighted by molar-refractivity contribution is 0.223. The molecule has 1 unspecified atom stereocenters. The summed E-state index contributed by atoms with van der Waals surface area (Å²) in [5.41, 5.74) is 1.46. The van der Waals surface area contributed by atoms with E-state index in [1.165, 1.54) is 25.7 Å². The molecule has 3 nitrogen and oxygen atoms in total. The van der Waals surface area contributed by atoms with Crippen molar-refractivity contribution in [2.24, 2.45) is 5.41 Å². The fourth-order valence-corrected chi connectivity index (χ4v) is 3.45. The van der Waals surface area contributed by atoms with Gasteiger partial charge in [0.15, 0.2) is 0 Å². The normalized spacial score (nSPS) is 20.7. The van der Waals surface area contributed by atoms with Gasteiger partial charge in [0.2, 0.25) is 0 Å². The molecule has 1 aliphatic carbocycles. The number of hydrogen-bond donors (Lipinski definition) is 1. The first-order chi connectivity index (χ1) is 8.12. The minimum absolute atomic E-state index is 0.306. The van der Waals surface area contributed by atoms with Gasteiger partial charge in [0.25, 0.3) is 0 Å². The molecular formula is C13H22ClN3. The maximum absolute atomic E-state index is 6.31. The zero-order valence-corrected chi connectivity index (χ0v) is 11.7. The average molecular weight is 256 g/mol. The number of hydrogen-bond acceptors (Lipinski definition) is 2. The molecule has 1 aromatic heterocycles. The standard InChI is InChI=1S/C13H22ClN3/c1-4-17-11(10(14)9-16-17)12(15-3)13(2)7-5-6-8-13/h9,12,15H,4-8H2,1-3H3. The van der Waals surface area contributed by atoms with Crippen LogP contribution >= 0.6 is 11.6 Å². The summed E-state index contributed by atoms with van der Waals surface area (Å²) in [5, 5.41) is 8.60. The number of aryl methyl sites for hydroxylation is 1. The van der Waals surface area contributed by atoms with E-state index in [4.69, 9.17) is 11.6 Å². The molecule has 1 fully saturated rings. The van der Waals surface area contributed by atoms with E-state index in [1.54, 1.807) is 6.20 Å². The molecule has 0 radical (unpaired) electrons. The quantitative estimate of drug-likeness (QED) is 0.894. The van der Waals surface area contributed by atoms with E-state index >= 15 is 0 Å². The smallest absolute Gasteiger partial charge is 0.0834 e. The van der Waals surface area contributed by atoms with Gasteiger partial charge in [-0.3, -0.25) is 4.68 Å². The third kappa shape index (κ3) is 2.23. The highest BCUT2D eigenvalue weighted by Gasteiger charge is 2.39. The Morgan fingerprint density at radius 3 is 2.71 bits per heavy atom. The van der Waals surface area contributed by atoms with Gasteiger partial charge in [-0.05, 0) is 32.2 Å². The summed E-state index contributed by atoms with van der Waals surface area (Å²) in [6.07, 6.45) is 6.95. The molecule has 1 heterocycles. The Morgan fingerprint density at radius 1 is 1.53 bits per heavy atom. The largest absolute Gasteiger partial charge is 0.311 e. The van der Waals surface area contributed by atoms with Gasteiger partial charge < -0.3 is 5.32 Å². The van der Waals surface area contributed by atoms with Gasteiger partial charge in [-0.25, -0.2) is 0 Å². The second kappa shape index (κ2) is 4.99. The predicted molar refractivity (Wildman–Crippen MR) is 71.3 cm³/mol. The highest BCUT2D eigenvalue weighted by atomic mass is 35.5. The molecule has 1 saturated carbocycles. The molecule has 96 valence electrons. The molecule has 0 amide bonds. The zero-order valence-electron chi connectivity index (χ0n) is 11.0. The van der Waals surface area contributed by atoms with Gasteiger partial charge in [-0.1, -0.05) is 31.4 Å². The van der Waals surface area contributed by atoms with Gasteiger partial charge >= 0.3 is 0 Å². The monoisotopic (exact) mass is 255 g/mol. The van der Waals surface area contributed by atoms with E-state index in [0.717, 1.165) is 17.3 Å². The predicted octanol–water partition coefficient (Wildman–Crippen LogP) is 3.40. The van der Waals surface area contributed by atoms with Crippen LogP contribution in [0.5, 0.6) is 0 Å². The lowest BCUT2D eigenvalue weighted by Gasteiger charge is -2.34. The minimum atomic E-state index is 0.306. The maximum Gasteiger partial charge on any atom is 0.0834 e. The molecule has 0 aromatic carbocycles. The number of nitrogens with zero attached hydrogens (tertiary/aromatic N) is 2. The van der Waals surface area contributed by atoms with E-state index in [1.807, 2.05) is 11.7 Å². The second-order valence-corrected chi connectivity index (χ2v) is 5.68. The molecule has 1 atom stereocenters. The Kier molecular flexibility index (Phi) is 3.79. The molecule has 4 heteroatoms. The first-order valence-electron chi connectivity index (χ1n) is 6.51. The summed E-state index contributed by atoms with van der Waals surface area (Å²) in [6.45, 7) is 5.34. The van der Waals surface area contributed by atoms with Crippen LogP contribution in [0.1, 0.15) is 51.3 Å².